The first kappa shape index (κ1) is 20.3. The lowest BCUT2D eigenvalue weighted by molar-refractivity contribution is -0.116. The van der Waals surface area contributed by atoms with Gasteiger partial charge in [-0.1, -0.05) is 72.4 Å². The van der Waals surface area contributed by atoms with Crippen LogP contribution in [-0.4, -0.2) is 26.0 Å². The molecule has 4 aromatic rings. The highest BCUT2D eigenvalue weighted by Gasteiger charge is 2.38. The zero-order chi connectivity index (χ0) is 22.1. The van der Waals surface area contributed by atoms with Crippen molar-refractivity contribution in [3.63, 3.8) is 0 Å². The molecular weight excluding hydrogens is 425 g/mol. The van der Waals surface area contributed by atoms with Crippen LogP contribution in [-0.2, 0) is 4.79 Å². The van der Waals surface area contributed by atoms with Gasteiger partial charge in [-0.3, -0.25) is 4.79 Å². The third-order valence-electron chi connectivity index (χ3n) is 5.36. The van der Waals surface area contributed by atoms with Crippen LogP contribution in [0.1, 0.15) is 17.2 Å². The Labute approximate surface area is 188 Å². The van der Waals surface area contributed by atoms with Gasteiger partial charge in [-0.25, -0.2) is 9.07 Å². The molecule has 2 N–H and O–H groups in total. The number of rotatable bonds is 4. The molecule has 0 fully saturated rings. The number of hydrogen-bond acceptors (Lipinski definition) is 5. The predicted octanol–water partition coefficient (Wildman–Crippen LogP) is 4.79. The van der Waals surface area contributed by atoms with E-state index in [1.807, 2.05) is 61.5 Å². The molecule has 0 unspecified atom stereocenters. The van der Waals surface area contributed by atoms with Gasteiger partial charge in [0.2, 0.25) is 11.1 Å². The first-order chi connectivity index (χ1) is 15.6. The van der Waals surface area contributed by atoms with Crippen LogP contribution >= 0.6 is 11.8 Å². The number of nitrogens with one attached hydrogen (secondary N) is 2. The normalized spacial score (nSPS) is 17.3. The number of carbonyl (C=O) groups is 1. The first-order valence-corrected chi connectivity index (χ1v) is 11.0. The summed E-state index contributed by atoms with van der Waals surface area (Å²) in [5.74, 6) is 0.160. The highest BCUT2D eigenvalue weighted by molar-refractivity contribution is 8.00. The van der Waals surface area contributed by atoms with Crippen molar-refractivity contribution >= 4 is 23.4 Å². The van der Waals surface area contributed by atoms with Gasteiger partial charge < -0.3 is 10.7 Å². The number of carbonyl (C=O) groups excluding carboxylic acids is 1. The van der Waals surface area contributed by atoms with Gasteiger partial charge in [-0.2, -0.15) is 0 Å². The third kappa shape index (κ3) is 3.85. The quantitative estimate of drug-likeness (QED) is 0.473. The zero-order valence-corrected chi connectivity index (χ0v) is 18.0. The second-order valence-corrected chi connectivity index (χ2v) is 8.62. The van der Waals surface area contributed by atoms with Gasteiger partial charge in [-0.05, 0) is 36.2 Å². The number of anilines is 1. The van der Waals surface area contributed by atoms with Gasteiger partial charge in [0.05, 0.1) is 6.04 Å². The maximum absolute atomic E-state index is 13.6. The molecule has 8 heteroatoms. The predicted molar refractivity (Wildman–Crippen MR) is 123 cm³/mol. The minimum Gasteiger partial charge on any atom is -0.325 e. The number of thioether (sulfide) groups is 1. The van der Waals surface area contributed by atoms with Crippen molar-refractivity contribution in [3.8, 4) is 11.4 Å². The molecule has 1 aliphatic rings. The maximum atomic E-state index is 13.6. The molecule has 0 radical (unpaired) electrons. The summed E-state index contributed by atoms with van der Waals surface area (Å²) in [5, 5.41) is 11.7. The third-order valence-corrected chi connectivity index (χ3v) is 6.57. The molecule has 0 spiro atoms. The summed E-state index contributed by atoms with van der Waals surface area (Å²) in [6, 6.07) is 23.1. The molecule has 0 saturated heterocycles. The van der Waals surface area contributed by atoms with Gasteiger partial charge in [0.25, 0.3) is 0 Å². The van der Waals surface area contributed by atoms with Crippen LogP contribution in [0.2, 0.25) is 0 Å². The van der Waals surface area contributed by atoms with Crippen molar-refractivity contribution in [3.05, 3.63) is 95.8 Å². The van der Waals surface area contributed by atoms with Crippen molar-refractivity contribution in [1.82, 2.24) is 14.9 Å². The lowest BCUT2D eigenvalue weighted by Gasteiger charge is -2.33. The van der Waals surface area contributed by atoms with Crippen LogP contribution in [0.15, 0.2) is 84.0 Å². The van der Waals surface area contributed by atoms with E-state index < -0.39 is 11.3 Å². The molecule has 0 saturated carbocycles. The molecule has 1 aliphatic heterocycles. The number of benzene rings is 3. The van der Waals surface area contributed by atoms with Crippen LogP contribution in [0.25, 0.3) is 11.4 Å². The lowest BCUT2D eigenvalue weighted by atomic mass is 10.0. The SMILES string of the molecule is Cc1ccccc1NC(=O)[C@@H]1Sc2nnc(-c3ccccc3)n2N[C@H]1c1ccc(F)cc1. The average molecular weight is 446 g/mol. The van der Waals surface area contributed by atoms with E-state index in [-0.39, 0.29) is 11.7 Å². The number of nitrogens with zero attached hydrogens (tertiary/aromatic N) is 3. The Bertz CT molecular complexity index is 1260. The molecule has 2 atom stereocenters. The fourth-order valence-electron chi connectivity index (χ4n) is 3.67. The Morgan fingerprint density at radius 3 is 2.47 bits per heavy atom. The fraction of sp³-hybridized carbons (Fsp3) is 0.125. The van der Waals surface area contributed by atoms with Gasteiger partial charge in [-0.15, -0.1) is 10.2 Å². The molecule has 1 amide bonds. The van der Waals surface area contributed by atoms with Gasteiger partial charge in [0, 0.05) is 11.3 Å². The van der Waals surface area contributed by atoms with Gasteiger partial charge >= 0.3 is 0 Å². The van der Waals surface area contributed by atoms with E-state index in [1.165, 1.54) is 23.9 Å². The fourth-order valence-corrected chi connectivity index (χ4v) is 4.75. The summed E-state index contributed by atoms with van der Waals surface area (Å²) in [6.45, 7) is 1.95. The monoisotopic (exact) mass is 445 g/mol. The summed E-state index contributed by atoms with van der Waals surface area (Å²) in [7, 11) is 0. The highest BCUT2D eigenvalue weighted by atomic mass is 32.2. The molecule has 5 rings (SSSR count). The van der Waals surface area contributed by atoms with E-state index >= 15 is 0 Å². The van der Waals surface area contributed by atoms with E-state index in [0.717, 1.165) is 22.4 Å². The number of aryl methyl sites for hydroxylation is 1. The lowest BCUT2D eigenvalue weighted by Crippen LogP contribution is -2.41. The van der Waals surface area contributed by atoms with E-state index in [0.29, 0.717) is 11.0 Å². The standard InChI is InChI=1S/C24H20FN5OS/c1-15-7-5-6-10-19(15)26-23(31)21-20(16-11-13-18(25)14-12-16)29-30-22(27-28-24(30)32-21)17-8-3-2-4-9-17/h2-14,20-21,29H,1H3,(H,26,31)/t20-,21+/m0/s1. The molecule has 2 heterocycles. The van der Waals surface area contributed by atoms with Crippen molar-refractivity contribution in [1.29, 1.82) is 0 Å². The van der Waals surface area contributed by atoms with Gasteiger partial charge in [0.1, 0.15) is 11.1 Å². The van der Waals surface area contributed by atoms with Crippen molar-refractivity contribution in [2.75, 3.05) is 10.7 Å². The number of amides is 1. The molecule has 0 aliphatic carbocycles. The van der Waals surface area contributed by atoms with Crippen LogP contribution in [0.4, 0.5) is 10.1 Å². The minimum atomic E-state index is -0.541. The smallest absolute Gasteiger partial charge is 0.240 e. The molecule has 6 nitrogen and oxygen atoms in total. The summed E-state index contributed by atoms with van der Waals surface area (Å²) < 4.78 is 15.4. The van der Waals surface area contributed by atoms with Crippen LogP contribution in [0.3, 0.4) is 0 Å². The number of halogens is 1. The van der Waals surface area contributed by atoms with Crippen molar-refractivity contribution < 1.29 is 9.18 Å². The summed E-state index contributed by atoms with van der Waals surface area (Å²) >= 11 is 1.33. The number of fused-ring (bicyclic) bond motifs is 1. The topological polar surface area (TPSA) is 71.8 Å². The second-order valence-electron chi connectivity index (χ2n) is 7.51. The Kier molecular flexibility index (Phi) is 5.36. The van der Waals surface area contributed by atoms with Crippen LogP contribution in [0, 0.1) is 12.7 Å². The Balaban J connectivity index is 1.52. The largest absolute Gasteiger partial charge is 0.325 e. The summed E-state index contributed by atoms with van der Waals surface area (Å²) in [6.07, 6.45) is 0. The first-order valence-electron chi connectivity index (χ1n) is 10.2. The van der Waals surface area contributed by atoms with Crippen molar-refractivity contribution in [2.45, 2.75) is 23.4 Å². The van der Waals surface area contributed by atoms with E-state index in [1.54, 1.807) is 16.8 Å². The second kappa shape index (κ2) is 8.47. The highest BCUT2D eigenvalue weighted by Crippen LogP contribution is 2.39. The number of hydrogen-bond donors (Lipinski definition) is 2. The number of aromatic nitrogens is 3. The van der Waals surface area contributed by atoms with Gasteiger partial charge in [0.15, 0.2) is 5.82 Å². The molecule has 0 bridgehead atoms. The molecule has 160 valence electrons. The zero-order valence-electron chi connectivity index (χ0n) is 17.2. The van der Waals surface area contributed by atoms with Crippen LogP contribution < -0.4 is 10.7 Å². The molecule has 3 aromatic carbocycles. The van der Waals surface area contributed by atoms with E-state index in [4.69, 9.17) is 0 Å². The maximum Gasteiger partial charge on any atom is 0.240 e. The summed E-state index contributed by atoms with van der Waals surface area (Å²) in [5.41, 5.74) is 6.83. The average Bonchev–Trinajstić information content (AvgIpc) is 3.24. The minimum absolute atomic E-state index is 0.165. The van der Waals surface area contributed by atoms with Crippen molar-refractivity contribution in [2.24, 2.45) is 0 Å². The van der Waals surface area contributed by atoms with Crippen LogP contribution in [0.5, 0.6) is 0 Å². The molecule has 1 aromatic heterocycles. The molecular formula is C24H20FN5OS. The van der Waals surface area contributed by atoms with E-state index in [2.05, 4.69) is 20.9 Å². The molecule has 32 heavy (non-hydrogen) atoms. The Morgan fingerprint density at radius 2 is 1.72 bits per heavy atom. The Hall–Kier alpha value is -3.65. The van der Waals surface area contributed by atoms with E-state index in [9.17, 15) is 9.18 Å². The summed E-state index contributed by atoms with van der Waals surface area (Å²) in [4.78, 5) is 13.4. The number of para-hydroxylation sites is 1. The Morgan fingerprint density at radius 1 is 1.00 bits per heavy atom.